The summed E-state index contributed by atoms with van der Waals surface area (Å²) >= 11 is 0. The Labute approximate surface area is 117 Å². The number of rotatable bonds is 4. The van der Waals surface area contributed by atoms with Crippen molar-refractivity contribution in [3.05, 3.63) is 36.3 Å². The Kier molecular flexibility index (Phi) is 3.28. The van der Waals surface area contributed by atoms with E-state index in [9.17, 15) is 0 Å². The third-order valence-electron chi connectivity index (χ3n) is 3.47. The molecule has 3 aromatic rings. The Morgan fingerprint density at radius 1 is 1.30 bits per heavy atom. The smallest absolute Gasteiger partial charge is 0.181 e. The fraction of sp³-hybridized carbons (Fsp3) is 0.333. The van der Waals surface area contributed by atoms with Crippen LogP contribution in [-0.2, 0) is 18.3 Å². The van der Waals surface area contributed by atoms with Gasteiger partial charge in [0.05, 0.1) is 6.61 Å². The largest absolute Gasteiger partial charge is 0.383 e. The van der Waals surface area contributed by atoms with E-state index >= 15 is 0 Å². The van der Waals surface area contributed by atoms with E-state index in [1.54, 1.807) is 18.1 Å². The highest BCUT2D eigenvalue weighted by Gasteiger charge is 2.09. The third-order valence-corrected chi connectivity index (χ3v) is 3.47. The average Bonchev–Trinajstić information content (AvgIpc) is 3.01. The van der Waals surface area contributed by atoms with Gasteiger partial charge in [-0.2, -0.15) is 5.10 Å². The van der Waals surface area contributed by atoms with Crippen molar-refractivity contribution in [3.8, 4) is 11.4 Å². The zero-order chi connectivity index (χ0) is 14.1. The standard InChI is InChI=1S/C15H18N4O/c1-11-9-19(6-7-20-3)14-5-4-12(8-13(11)14)15-16-10-18(2)17-15/h4-5,8-10H,6-7H2,1-3H3. The van der Waals surface area contributed by atoms with Gasteiger partial charge in [-0.05, 0) is 30.7 Å². The Morgan fingerprint density at radius 2 is 2.15 bits per heavy atom. The van der Waals surface area contributed by atoms with Crippen molar-refractivity contribution in [1.82, 2.24) is 19.3 Å². The van der Waals surface area contributed by atoms with Gasteiger partial charge in [0.15, 0.2) is 5.82 Å². The van der Waals surface area contributed by atoms with E-state index in [-0.39, 0.29) is 0 Å². The number of hydrogen-bond acceptors (Lipinski definition) is 3. The molecule has 1 aromatic carbocycles. The minimum atomic E-state index is 0.715. The Morgan fingerprint density at radius 3 is 2.85 bits per heavy atom. The second-order valence-electron chi connectivity index (χ2n) is 4.97. The van der Waals surface area contributed by atoms with Gasteiger partial charge in [0.25, 0.3) is 0 Å². The van der Waals surface area contributed by atoms with E-state index in [0.717, 1.165) is 17.9 Å². The Hall–Kier alpha value is -2.14. The molecule has 5 heteroatoms. The van der Waals surface area contributed by atoms with E-state index in [0.29, 0.717) is 6.61 Å². The molecular formula is C15H18N4O. The van der Waals surface area contributed by atoms with Crippen LogP contribution in [0.4, 0.5) is 0 Å². The van der Waals surface area contributed by atoms with Crippen molar-refractivity contribution >= 4 is 10.9 Å². The number of methoxy groups -OCH3 is 1. The van der Waals surface area contributed by atoms with Crippen LogP contribution >= 0.6 is 0 Å². The molecule has 104 valence electrons. The number of hydrogen-bond donors (Lipinski definition) is 0. The molecular weight excluding hydrogens is 252 g/mol. The van der Waals surface area contributed by atoms with Gasteiger partial charge in [-0.15, -0.1) is 0 Å². The van der Waals surface area contributed by atoms with E-state index in [1.807, 2.05) is 7.05 Å². The Bertz CT molecular complexity index is 741. The molecule has 0 fully saturated rings. The number of benzene rings is 1. The van der Waals surface area contributed by atoms with Crippen LogP contribution in [0, 0.1) is 6.92 Å². The second kappa shape index (κ2) is 5.09. The molecule has 0 aliphatic heterocycles. The molecule has 0 bridgehead atoms. The van der Waals surface area contributed by atoms with Gasteiger partial charge < -0.3 is 9.30 Å². The van der Waals surface area contributed by atoms with Gasteiger partial charge in [-0.3, -0.25) is 4.68 Å². The first kappa shape index (κ1) is 12.9. The van der Waals surface area contributed by atoms with Crippen molar-refractivity contribution in [2.75, 3.05) is 13.7 Å². The topological polar surface area (TPSA) is 44.9 Å². The summed E-state index contributed by atoms with van der Waals surface area (Å²) in [6.45, 7) is 3.70. The maximum absolute atomic E-state index is 5.16. The molecule has 3 rings (SSSR count). The molecule has 0 amide bonds. The fourth-order valence-electron chi connectivity index (χ4n) is 2.46. The molecule has 20 heavy (non-hydrogen) atoms. The highest BCUT2D eigenvalue weighted by molar-refractivity contribution is 5.87. The van der Waals surface area contributed by atoms with Crippen molar-refractivity contribution in [2.45, 2.75) is 13.5 Å². The lowest BCUT2D eigenvalue weighted by Crippen LogP contribution is -2.02. The van der Waals surface area contributed by atoms with Crippen LogP contribution in [0.25, 0.3) is 22.3 Å². The predicted molar refractivity (Wildman–Crippen MR) is 78.5 cm³/mol. The van der Waals surface area contributed by atoms with Crippen molar-refractivity contribution in [1.29, 1.82) is 0 Å². The maximum Gasteiger partial charge on any atom is 0.181 e. The van der Waals surface area contributed by atoms with E-state index < -0.39 is 0 Å². The van der Waals surface area contributed by atoms with E-state index in [4.69, 9.17) is 4.74 Å². The van der Waals surface area contributed by atoms with Crippen LogP contribution in [0.3, 0.4) is 0 Å². The minimum absolute atomic E-state index is 0.715. The maximum atomic E-state index is 5.16. The monoisotopic (exact) mass is 270 g/mol. The van der Waals surface area contributed by atoms with Crippen molar-refractivity contribution in [3.63, 3.8) is 0 Å². The first-order valence-corrected chi connectivity index (χ1v) is 6.63. The predicted octanol–water partition coefficient (Wildman–Crippen LogP) is 2.39. The molecule has 0 saturated carbocycles. The average molecular weight is 270 g/mol. The van der Waals surface area contributed by atoms with Gasteiger partial charge >= 0.3 is 0 Å². The van der Waals surface area contributed by atoms with Crippen LogP contribution < -0.4 is 0 Å². The highest BCUT2D eigenvalue weighted by atomic mass is 16.5. The summed E-state index contributed by atoms with van der Waals surface area (Å²) in [4.78, 5) is 4.30. The van der Waals surface area contributed by atoms with Gasteiger partial charge in [0.1, 0.15) is 6.33 Å². The number of ether oxygens (including phenoxy) is 1. The van der Waals surface area contributed by atoms with Crippen LogP contribution in [0.2, 0.25) is 0 Å². The quantitative estimate of drug-likeness (QED) is 0.731. The first-order valence-electron chi connectivity index (χ1n) is 6.63. The molecule has 2 aromatic heterocycles. The minimum Gasteiger partial charge on any atom is -0.383 e. The molecule has 0 saturated heterocycles. The summed E-state index contributed by atoms with van der Waals surface area (Å²) in [7, 11) is 3.60. The summed E-state index contributed by atoms with van der Waals surface area (Å²) in [5, 5.41) is 5.59. The second-order valence-corrected chi connectivity index (χ2v) is 4.97. The molecule has 0 aliphatic carbocycles. The van der Waals surface area contributed by atoms with E-state index in [1.165, 1.54) is 16.5 Å². The number of aromatic nitrogens is 4. The van der Waals surface area contributed by atoms with Gasteiger partial charge in [0.2, 0.25) is 0 Å². The summed E-state index contributed by atoms with van der Waals surface area (Å²) in [6, 6.07) is 6.35. The number of nitrogens with zero attached hydrogens (tertiary/aromatic N) is 4. The van der Waals surface area contributed by atoms with Crippen LogP contribution in [0.1, 0.15) is 5.56 Å². The van der Waals surface area contributed by atoms with Gasteiger partial charge in [-0.1, -0.05) is 0 Å². The molecule has 0 N–H and O–H groups in total. The first-order chi connectivity index (χ1) is 9.69. The molecule has 5 nitrogen and oxygen atoms in total. The Balaban J connectivity index is 2.05. The van der Waals surface area contributed by atoms with Crippen molar-refractivity contribution < 1.29 is 4.74 Å². The summed E-state index contributed by atoms with van der Waals surface area (Å²) in [5.74, 6) is 0.762. The molecule has 0 radical (unpaired) electrons. The lowest BCUT2D eigenvalue weighted by atomic mass is 10.1. The number of fused-ring (bicyclic) bond motifs is 1. The van der Waals surface area contributed by atoms with E-state index in [2.05, 4.69) is 46.0 Å². The van der Waals surface area contributed by atoms with Crippen LogP contribution in [0.5, 0.6) is 0 Å². The summed E-state index contributed by atoms with van der Waals surface area (Å²) in [6.07, 6.45) is 3.88. The number of aryl methyl sites for hydroxylation is 2. The van der Waals surface area contributed by atoms with Crippen LogP contribution in [0.15, 0.2) is 30.7 Å². The molecule has 0 spiro atoms. The summed E-state index contributed by atoms with van der Waals surface area (Å²) < 4.78 is 9.10. The zero-order valence-corrected chi connectivity index (χ0v) is 12.0. The normalized spacial score (nSPS) is 11.3. The van der Waals surface area contributed by atoms with Gasteiger partial charge in [0, 0.05) is 43.4 Å². The molecule has 0 aliphatic rings. The highest BCUT2D eigenvalue weighted by Crippen LogP contribution is 2.26. The SMILES string of the molecule is COCCn1cc(C)c2cc(-c3ncn(C)n3)ccc21. The zero-order valence-electron chi connectivity index (χ0n) is 12.0. The van der Waals surface area contributed by atoms with Crippen LogP contribution in [-0.4, -0.2) is 33.0 Å². The molecule has 0 atom stereocenters. The lowest BCUT2D eigenvalue weighted by Gasteiger charge is -2.04. The van der Waals surface area contributed by atoms with Crippen molar-refractivity contribution in [2.24, 2.45) is 7.05 Å². The fourth-order valence-corrected chi connectivity index (χ4v) is 2.46. The third kappa shape index (κ3) is 2.20. The molecule has 2 heterocycles. The lowest BCUT2D eigenvalue weighted by molar-refractivity contribution is 0.188. The van der Waals surface area contributed by atoms with Gasteiger partial charge in [-0.25, -0.2) is 4.98 Å². The summed E-state index contributed by atoms with van der Waals surface area (Å²) in [5.41, 5.74) is 3.53. The molecule has 0 unspecified atom stereocenters.